The van der Waals surface area contributed by atoms with Crippen LogP contribution in [0.1, 0.15) is 42.1 Å². The Morgan fingerprint density at radius 2 is 2.05 bits per heavy atom. The number of ether oxygens (including phenoxy) is 1. The molecule has 98 valence electrons. The molecule has 0 N–H and O–H groups in total. The van der Waals surface area contributed by atoms with E-state index in [2.05, 4.69) is 6.92 Å². The fraction of sp³-hybridized carbons (Fsp3) is 0.375. The van der Waals surface area contributed by atoms with E-state index in [1.807, 2.05) is 24.3 Å². The Morgan fingerprint density at radius 1 is 1.32 bits per heavy atom. The van der Waals surface area contributed by atoms with Gasteiger partial charge in [-0.15, -0.1) is 0 Å². The third-order valence-corrected chi connectivity index (χ3v) is 3.77. The highest BCUT2D eigenvalue weighted by Crippen LogP contribution is 2.35. The molecule has 0 saturated heterocycles. The van der Waals surface area contributed by atoms with Gasteiger partial charge in [-0.3, -0.25) is 9.79 Å². The van der Waals surface area contributed by atoms with Crippen molar-refractivity contribution in [2.75, 3.05) is 7.11 Å². The maximum atomic E-state index is 12.4. The quantitative estimate of drug-likeness (QED) is 0.832. The zero-order chi connectivity index (χ0) is 13.4. The summed E-state index contributed by atoms with van der Waals surface area (Å²) in [5.41, 5.74) is 3.62. The molecular weight excluding hydrogens is 238 g/mol. The molecule has 1 aliphatic carbocycles. The minimum atomic E-state index is -0.0100. The van der Waals surface area contributed by atoms with E-state index in [1.165, 1.54) is 0 Å². The normalized spacial score (nSPS) is 21.1. The Labute approximate surface area is 113 Å². The minimum absolute atomic E-state index is 0.0100. The molecule has 1 heterocycles. The summed E-state index contributed by atoms with van der Waals surface area (Å²) in [6.45, 7) is 2.16. The Balaban J connectivity index is 2.15. The molecule has 3 nitrogen and oxygen atoms in total. The van der Waals surface area contributed by atoms with Crippen molar-refractivity contribution in [3.8, 4) is 0 Å². The number of benzene rings is 1. The van der Waals surface area contributed by atoms with Gasteiger partial charge >= 0.3 is 0 Å². The maximum Gasteiger partial charge on any atom is 0.228 e. The second-order valence-electron chi connectivity index (χ2n) is 5.01. The van der Waals surface area contributed by atoms with E-state index >= 15 is 0 Å². The molecule has 3 heteroatoms. The number of hydrogen-bond donors (Lipinski definition) is 0. The van der Waals surface area contributed by atoms with Crippen LogP contribution in [0.3, 0.4) is 0 Å². The number of nitrogens with zero attached hydrogens (tertiary/aromatic N) is 1. The molecule has 1 unspecified atom stereocenters. The van der Waals surface area contributed by atoms with Gasteiger partial charge in [-0.2, -0.15) is 0 Å². The van der Waals surface area contributed by atoms with Crippen molar-refractivity contribution in [3.63, 3.8) is 0 Å². The van der Waals surface area contributed by atoms with Crippen LogP contribution in [0, 0.1) is 0 Å². The number of hydrogen-bond acceptors (Lipinski definition) is 3. The van der Waals surface area contributed by atoms with Crippen molar-refractivity contribution in [2.24, 2.45) is 4.99 Å². The number of allylic oxidation sites excluding steroid dienone is 1. The number of carbonyl (C=O) groups excluding carboxylic acids is 1. The van der Waals surface area contributed by atoms with E-state index in [0.717, 1.165) is 36.1 Å². The summed E-state index contributed by atoms with van der Waals surface area (Å²) in [5, 5.41) is 0. The van der Waals surface area contributed by atoms with Gasteiger partial charge in [-0.1, -0.05) is 37.6 Å². The number of rotatable bonds is 3. The first-order chi connectivity index (χ1) is 9.26. The average Bonchev–Trinajstić information content (AvgIpc) is 2.84. The van der Waals surface area contributed by atoms with E-state index in [1.54, 1.807) is 7.11 Å². The lowest BCUT2D eigenvalue weighted by molar-refractivity contribution is 0.0949. The molecule has 3 rings (SSSR count). The molecule has 1 aliphatic heterocycles. The third kappa shape index (κ3) is 1.81. The summed E-state index contributed by atoms with van der Waals surface area (Å²) in [7, 11) is 1.57. The van der Waals surface area contributed by atoms with Crippen LogP contribution < -0.4 is 0 Å². The molecule has 0 bridgehead atoms. The predicted molar refractivity (Wildman–Crippen MR) is 74.7 cm³/mol. The summed E-state index contributed by atoms with van der Waals surface area (Å²) < 4.78 is 5.35. The monoisotopic (exact) mass is 255 g/mol. The molecule has 2 aliphatic rings. The van der Waals surface area contributed by atoms with Crippen LogP contribution in [-0.2, 0) is 4.74 Å². The summed E-state index contributed by atoms with van der Waals surface area (Å²) in [6.07, 6.45) is 2.99. The third-order valence-electron chi connectivity index (χ3n) is 3.77. The van der Waals surface area contributed by atoms with Gasteiger partial charge in [-0.05, 0) is 6.42 Å². The van der Waals surface area contributed by atoms with Crippen LogP contribution in [0.5, 0.6) is 0 Å². The van der Waals surface area contributed by atoms with Crippen LogP contribution >= 0.6 is 0 Å². The lowest BCUT2D eigenvalue weighted by Crippen LogP contribution is -2.21. The molecule has 0 spiro atoms. The number of methoxy groups -OCH3 is 1. The predicted octanol–water partition coefficient (Wildman–Crippen LogP) is 3.14. The van der Waals surface area contributed by atoms with Gasteiger partial charge in [0.15, 0.2) is 5.76 Å². The number of ketones is 1. The Hall–Kier alpha value is -1.90. The van der Waals surface area contributed by atoms with Crippen molar-refractivity contribution < 1.29 is 9.53 Å². The summed E-state index contributed by atoms with van der Waals surface area (Å²) >= 11 is 0. The summed E-state index contributed by atoms with van der Waals surface area (Å²) in [5.74, 6) is 0.472. The topological polar surface area (TPSA) is 38.7 Å². The summed E-state index contributed by atoms with van der Waals surface area (Å²) in [4.78, 5) is 17.2. The fourth-order valence-corrected chi connectivity index (χ4v) is 2.93. The molecular formula is C16H17NO2. The van der Waals surface area contributed by atoms with Gasteiger partial charge < -0.3 is 4.74 Å². The van der Waals surface area contributed by atoms with Crippen LogP contribution in [0.25, 0.3) is 0 Å². The average molecular weight is 255 g/mol. The largest absolute Gasteiger partial charge is 0.492 e. The van der Waals surface area contributed by atoms with Crippen LogP contribution in [0.15, 0.2) is 40.6 Å². The van der Waals surface area contributed by atoms with E-state index in [9.17, 15) is 4.79 Å². The molecule has 0 radical (unpaired) electrons. The molecule has 0 aromatic heterocycles. The lowest BCUT2D eigenvalue weighted by Gasteiger charge is -2.19. The highest BCUT2D eigenvalue weighted by molar-refractivity contribution is 6.28. The van der Waals surface area contributed by atoms with E-state index < -0.39 is 0 Å². The molecule has 0 fully saturated rings. The Bertz CT molecular complexity index is 599. The first-order valence-corrected chi connectivity index (χ1v) is 6.75. The van der Waals surface area contributed by atoms with E-state index in [4.69, 9.17) is 9.73 Å². The summed E-state index contributed by atoms with van der Waals surface area (Å²) in [6, 6.07) is 7.96. The van der Waals surface area contributed by atoms with Gasteiger partial charge in [0.2, 0.25) is 5.78 Å². The van der Waals surface area contributed by atoms with Crippen LogP contribution in [0.2, 0.25) is 0 Å². The minimum Gasteiger partial charge on any atom is -0.492 e. The Morgan fingerprint density at radius 3 is 2.74 bits per heavy atom. The number of fused-ring (bicyclic) bond motifs is 3. The smallest absolute Gasteiger partial charge is 0.228 e. The second-order valence-corrected chi connectivity index (χ2v) is 5.01. The fourth-order valence-electron chi connectivity index (χ4n) is 2.93. The van der Waals surface area contributed by atoms with Gasteiger partial charge in [0, 0.05) is 23.1 Å². The number of aliphatic imine (C=N–C) groups is 1. The zero-order valence-corrected chi connectivity index (χ0v) is 11.3. The van der Waals surface area contributed by atoms with Gasteiger partial charge in [0.05, 0.1) is 18.9 Å². The zero-order valence-electron chi connectivity index (χ0n) is 11.3. The lowest BCUT2D eigenvalue weighted by atomic mass is 9.87. The SMILES string of the molecule is CCCC1CC2=C(OC)C(=O)c3ccccc3C2=N1. The van der Waals surface area contributed by atoms with Crippen molar-refractivity contribution >= 4 is 11.5 Å². The van der Waals surface area contributed by atoms with Crippen molar-refractivity contribution in [1.82, 2.24) is 0 Å². The van der Waals surface area contributed by atoms with Crippen molar-refractivity contribution in [1.29, 1.82) is 0 Å². The molecule has 0 saturated carbocycles. The maximum absolute atomic E-state index is 12.4. The molecule has 0 amide bonds. The highest BCUT2D eigenvalue weighted by Gasteiger charge is 2.36. The van der Waals surface area contributed by atoms with E-state index in [0.29, 0.717) is 17.4 Å². The van der Waals surface area contributed by atoms with Crippen LogP contribution in [-0.4, -0.2) is 24.6 Å². The molecule has 19 heavy (non-hydrogen) atoms. The standard InChI is InChI=1S/C16H17NO2/c1-3-6-10-9-13-14(17-10)11-7-4-5-8-12(11)15(18)16(13)19-2/h4-5,7-8,10H,3,6,9H2,1-2H3. The Kier molecular flexibility index (Phi) is 2.97. The van der Waals surface area contributed by atoms with Gasteiger partial charge in [0.25, 0.3) is 0 Å². The van der Waals surface area contributed by atoms with Crippen molar-refractivity contribution in [3.05, 3.63) is 46.7 Å². The highest BCUT2D eigenvalue weighted by atomic mass is 16.5. The molecule has 1 atom stereocenters. The number of carbonyl (C=O) groups is 1. The van der Waals surface area contributed by atoms with Crippen molar-refractivity contribution in [2.45, 2.75) is 32.2 Å². The van der Waals surface area contributed by atoms with E-state index in [-0.39, 0.29) is 5.78 Å². The van der Waals surface area contributed by atoms with Gasteiger partial charge in [0.1, 0.15) is 0 Å². The number of Topliss-reactive ketones (excluding diaryl/α,β-unsaturated/α-hetero) is 1. The molecule has 1 aromatic rings. The van der Waals surface area contributed by atoms with Crippen LogP contribution in [0.4, 0.5) is 0 Å². The first kappa shape index (κ1) is 12.2. The molecule has 1 aromatic carbocycles. The second kappa shape index (κ2) is 4.65. The van der Waals surface area contributed by atoms with Gasteiger partial charge in [-0.25, -0.2) is 0 Å². The first-order valence-electron chi connectivity index (χ1n) is 6.75.